The maximum Gasteiger partial charge on any atom is 0.339 e. The van der Waals surface area contributed by atoms with Crippen LogP contribution in [0.4, 0.5) is 0 Å². The Kier molecular flexibility index (Phi) is 5.26. The van der Waals surface area contributed by atoms with Gasteiger partial charge in [0.2, 0.25) is 0 Å². The second-order valence-corrected chi connectivity index (χ2v) is 5.61. The fourth-order valence-corrected chi connectivity index (χ4v) is 2.84. The van der Waals surface area contributed by atoms with E-state index in [9.17, 15) is 9.59 Å². The van der Waals surface area contributed by atoms with Crippen molar-refractivity contribution in [2.45, 2.75) is 0 Å². The number of benzene rings is 2. The monoisotopic (exact) mass is 366 g/mol. The Morgan fingerprint density at radius 1 is 0.815 bits per heavy atom. The molecule has 6 nitrogen and oxygen atoms in total. The summed E-state index contributed by atoms with van der Waals surface area (Å²) in [6.45, 7) is 0. The summed E-state index contributed by atoms with van der Waals surface area (Å²) in [5.74, 6) is -0.234. The van der Waals surface area contributed by atoms with Crippen molar-refractivity contribution in [2.75, 3.05) is 21.3 Å². The Hall–Kier alpha value is -3.54. The zero-order valence-electron chi connectivity index (χ0n) is 15.1. The van der Waals surface area contributed by atoms with Crippen molar-refractivity contribution >= 4 is 23.1 Å². The summed E-state index contributed by atoms with van der Waals surface area (Å²) in [6.07, 6.45) is 1.43. The third-order valence-corrected chi connectivity index (χ3v) is 4.16. The van der Waals surface area contributed by atoms with E-state index in [0.717, 1.165) is 0 Å². The molecule has 0 N–H and O–H groups in total. The van der Waals surface area contributed by atoms with Crippen molar-refractivity contribution in [1.29, 1.82) is 0 Å². The largest absolute Gasteiger partial charge is 0.497 e. The molecular formula is C21H18O6. The van der Waals surface area contributed by atoms with Gasteiger partial charge in [0.25, 0.3) is 0 Å². The highest BCUT2D eigenvalue weighted by atomic mass is 16.5. The van der Waals surface area contributed by atoms with Crippen LogP contribution in [0.15, 0.2) is 60.4 Å². The van der Waals surface area contributed by atoms with Gasteiger partial charge in [0.05, 0.1) is 38.7 Å². The zero-order chi connectivity index (χ0) is 19.4. The third kappa shape index (κ3) is 3.42. The number of ether oxygens (including phenoxy) is 4. The minimum atomic E-state index is -0.669. The number of esters is 2. The molecule has 3 rings (SSSR count). The summed E-state index contributed by atoms with van der Waals surface area (Å²) in [6, 6.07) is 14.0. The first-order valence-electron chi connectivity index (χ1n) is 8.12. The van der Waals surface area contributed by atoms with Crippen LogP contribution in [-0.4, -0.2) is 33.3 Å². The molecule has 6 heteroatoms. The van der Waals surface area contributed by atoms with Crippen LogP contribution in [0.25, 0.3) is 11.1 Å². The normalized spacial score (nSPS) is 12.9. The van der Waals surface area contributed by atoms with Crippen molar-refractivity contribution in [1.82, 2.24) is 0 Å². The van der Waals surface area contributed by atoms with Gasteiger partial charge in [0.15, 0.2) is 0 Å². The molecule has 138 valence electrons. The van der Waals surface area contributed by atoms with Crippen molar-refractivity contribution in [2.24, 2.45) is 0 Å². The number of rotatable bonds is 4. The first kappa shape index (κ1) is 18.3. The molecule has 27 heavy (non-hydrogen) atoms. The van der Waals surface area contributed by atoms with Gasteiger partial charge in [-0.05, 0) is 23.8 Å². The van der Waals surface area contributed by atoms with Crippen molar-refractivity contribution in [3.63, 3.8) is 0 Å². The molecule has 2 aromatic rings. The van der Waals surface area contributed by atoms with E-state index in [1.165, 1.54) is 20.5 Å². The molecule has 0 aliphatic carbocycles. The standard InChI is InChI=1S/C21H18O6/c1-24-14-10-8-13(9-11-14)16-12-27-17-7-5-4-6-15(17)18(20(22)25-2)19(16)21(23)26-3/h4-12H,1-3H3. The maximum atomic E-state index is 12.7. The Morgan fingerprint density at radius 2 is 1.44 bits per heavy atom. The molecule has 1 aliphatic rings. The topological polar surface area (TPSA) is 71.1 Å². The van der Waals surface area contributed by atoms with Gasteiger partial charge in [0, 0.05) is 11.1 Å². The highest BCUT2D eigenvalue weighted by Crippen LogP contribution is 2.39. The van der Waals surface area contributed by atoms with Gasteiger partial charge < -0.3 is 18.9 Å². The molecule has 0 spiro atoms. The zero-order valence-corrected chi connectivity index (χ0v) is 15.1. The first-order valence-corrected chi connectivity index (χ1v) is 8.12. The number of para-hydroxylation sites is 1. The molecule has 0 radical (unpaired) electrons. The van der Waals surface area contributed by atoms with Gasteiger partial charge in [-0.2, -0.15) is 0 Å². The molecule has 0 amide bonds. The fraction of sp³-hybridized carbons (Fsp3) is 0.143. The summed E-state index contributed by atoms with van der Waals surface area (Å²) in [4.78, 5) is 25.3. The number of hydrogen-bond acceptors (Lipinski definition) is 6. The first-order chi connectivity index (χ1) is 13.1. The SMILES string of the molecule is COC(=O)C1=C(C(=O)OC)c2ccccc2OC=C1c1ccc(OC)cc1. The average Bonchev–Trinajstić information content (AvgIpc) is 2.90. The molecule has 0 atom stereocenters. The summed E-state index contributed by atoms with van der Waals surface area (Å²) >= 11 is 0. The van der Waals surface area contributed by atoms with Gasteiger partial charge in [-0.25, -0.2) is 9.59 Å². The van der Waals surface area contributed by atoms with Gasteiger partial charge in [-0.1, -0.05) is 30.3 Å². The van der Waals surface area contributed by atoms with Crippen molar-refractivity contribution in [3.05, 3.63) is 71.5 Å². The van der Waals surface area contributed by atoms with Gasteiger partial charge in [-0.15, -0.1) is 0 Å². The number of carbonyl (C=O) groups is 2. The maximum absolute atomic E-state index is 12.7. The molecular weight excluding hydrogens is 348 g/mol. The van der Waals surface area contributed by atoms with Crippen molar-refractivity contribution in [3.8, 4) is 11.5 Å². The molecule has 0 aromatic heterocycles. The predicted octanol–water partition coefficient (Wildman–Crippen LogP) is 3.23. The number of fused-ring (bicyclic) bond motifs is 1. The summed E-state index contributed by atoms with van der Waals surface area (Å²) in [5.41, 5.74) is 1.66. The molecule has 0 saturated heterocycles. The summed E-state index contributed by atoms with van der Waals surface area (Å²) in [5, 5.41) is 0. The van der Waals surface area contributed by atoms with Crippen molar-refractivity contribution < 1.29 is 28.5 Å². The summed E-state index contributed by atoms with van der Waals surface area (Å²) in [7, 11) is 4.08. The Bertz CT molecular complexity index is 937. The Labute approximate surface area is 156 Å². The van der Waals surface area contributed by atoms with E-state index in [2.05, 4.69) is 0 Å². The molecule has 0 bridgehead atoms. The van der Waals surface area contributed by atoms with Crippen LogP contribution in [0.5, 0.6) is 11.5 Å². The lowest BCUT2D eigenvalue weighted by molar-refractivity contribution is -0.137. The quantitative estimate of drug-likeness (QED) is 0.774. The van der Waals surface area contributed by atoms with Gasteiger partial charge in [0.1, 0.15) is 11.5 Å². The van der Waals surface area contributed by atoms with Gasteiger partial charge in [-0.3, -0.25) is 0 Å². The van der Waals surface area contributed by atoms with Crippen LogP contribution in [0.1, 0.15) is 11.1 Å². The molecule has 2 aromatic carbocycles. The molecule has 1 heterocycles. The number of carbonyl (C=O) groups excluding carboxylic acids is 2. The summed E-state index contributed by atoms with van der Waals surface area (Å²) < 4.78 is 20.8. The highest BCUT2D eigenvalue weighted by Gasteiger charge is 2.31. The van der Waals surface area contributed by atoms with Crippen LogP contribution in [0.2, 0.25) is 0 Å². The van der Waals surface area contributed by atoms with Crippen LogP contribution < -0.4 is 9.47 Å². The number of hydrogen-bond donors (Lipinski definition) is 0. The lowest BCUT2D eigenvalue weighted by atomic mass is 9.91. The van der Waals surface area contributed by atoms with E-state index < -0.39 is 11.9 Å². The van der Waals surface area contributed by atoms with Crippen LogP contribution in [-0.2, 0) is 19.1 Å². The Balaban J connectivity index is 2.30. The fourth-order valence-electron chi connectivity index (χ4n) is 2.84. The Morgan fingerprint density at radius 3 is 2.07 bits per heavy atom. The predicted molar refractivity (Wildman–Crippen MR) is 99.0 cm³/mol. The smallest absolute Gasteiger partial charge is 0.339 e. The highest BCUT2D eigenvalue weighted by molar-refractivity contribution is 6.29. The van der Waals surface area contributed by atoms with E-state index in [0.29, 0.717) is 28.2 Å². The molecule has 1 aliphatic heterocycles. The number of methoxy groups -OCH3 is 3. The minimum absolute atomic E-state index is 0.0690. The van der Waals surface area contributed by atoms with Crippen LogP contribution >= 0.6 is 0 Å². The molecule has 0 fully saturated rings. The second kappa shape index (κ2) is 7.78. The second-order valence-electron chi connectivity index (χ2n) is 5.61. The van der Waals surface area contributed by atoms with E-state index in [1.54, 1.807) is 55.6 Å². The van der Waals surface area contributed by atoms with Gasteiger partial charge >= 0.3 is 11.9 Å². The lowest BCUT2D eigenvalue weighted by Crippen LogP contribution is -2.15. The van der Waals surface area contributed by atoms with E-state index >= 15 is 0 Å². The van der Waals surface area contributed by atoms with Crippen LogP contribution in [0, 0.1) is 0 Å². The third-order valence-electron chi connectivity index (χ3n) is 4.16. The minimum Gasteiger partial charge on any atom is -0.497 e. The average molecular weight is 366 g/mol. The van der Waals surface area contributed by atoms with E-state index in [1.807, 2.05) is 0 Å². The van der Waals surface area contributed by atoms with E-state index in [-0.39, 0.29) is 11.1 Å². The van der Waals surface area contributed by atoms with E-state index in [4.69, 9.17) is 18.9 Å². The lowest BCUT2D eigenvalue weighted by Gasteiger charge is -2.14. The van der Waals surface area contributed by atoms with Crippen LogP contribution in [0.3, 0.4) is 0 Å². The molecule has 0 saturated carbocycles. The molecule has 0 unspecified atom stereocenters.